The Kier molecular flexibility index (Phi) is 4.44. The van der Waals surface area contributed by atoms with Crippen LogP contribution in [0.15, 0.2) is 36.8 Å². The molecule has 0 aliphatic carbocycles. The quantitative estimate of drug-likeness (QED) is 0.854. The van der Waals surface area contributed by atoms with E-state index in [1.807, 2.05) is 17.9 Å². The molecule has 2 fully saturated rings. The molecule has 0 unspecified atom stereocenters. The molecule has 25 heavy (non-hydrogen) atoms. The third kappa shape index (κ3) is 3.54. The van der Waals surface area contributed by atoms with Crippen molar-refractivity contribution in [3.05, 3.63) is 53.9 Å². The van der Waals surface area contributed by atoms with E-state index in [4.69, 9.17) is 0 Å². The van der Waals surface area contributed by atoms with Crippen LogP contribution in [0.1, 0.15) is 28.3 Å². The van der Waals surface area contributed by atoms with Crippen LogP contribution in [0.25, 0.3) is 0 Å². The van der Waals surface area contributed by atoms with Crippen molar-refractivity contribution in [1.29, 1.82) is 0 Å². The molecule has 0 N–H and O–H groups in total. The van der Waals surface area contributed by atoms with Crippen LogP contribution in [-0.2, 0) is 6.54 Å². The van der Waals surface area contributed by atoms with Gasteiger partial charge in [-0.05, 0) is 37.3 Å². The lowest BCUT2D eigenvalue weighted by atomic mass is 9.88. The third-order valence-corrected chi connectivity index (χ3v) is 5.28. The summed E-state index contributed by atoms with van der Waals surface area (Å²) in [5, 5.41) is 0. The Bertz CT molecular complexity index is 750. The smallest absolute Gasteiger partial charge is 0.274 e. The average Bonchev–Trinajstić information content (AvgIpc) is 3.03. The largest absolute Gasteiger partial charge is 0.337 e. The van der Waals surface area contributed by atoms with Gasteiger partial charge in [0.1, 0.15) is 5.69 Å². The molecule has 2 atom stereocenters. The van der Waals surface area contributed by atoms with E-state index in [0.717, 1.165) is 50.5 Å². The van der Waals surface area contributed by atoms with E-state index in [1.165, 1.54) is 0 Å². The highest BCUT2D eigenvalue weighted by Gasteiger charge is 2.38. The summed E-state index contributed by atoms with van der Waals surface area (Å²) in [6.45, 7) is 6.69. The SMILES string of the molecule is Cc1cccc(CN2C[C@@H]3CCN(C(=O)c4cnccn4)C[C@@H]3C2)n1. The van der Waals surface area contributed by atoms with Crippen molar-refractivity contribution in [3.8, 4) is 0 Å². The molecule has 0 spiro atoms. The minimum absolute atomic E-state index is 0.00495. The van der Waals surface area contributed by atoms with Gasteiger partial charge < -0.3 is 4.90 Å². The van der Waals surface area contributed by atoms with E-state index >= 15 is 0 Å². The first kappa shape index (κ1) is 16.1. The fourth-order valence-corrected chi connectivity index (χ4v) is 4.07. The summed E-state index contributed by atoms with van der Waals surface area (Å²) in [7, 11) is 0. The van der Waals surface area contributed by atoms with Crippen LogP contribution in [0.4, 0.5) is 0 Å². The number of aryl methyl sites for hydroxylation is 1. The summed E-state index contributed by atoms with van der Waals surface area (Å²) in [4.78, 5) is 29.8. The fraction of sp³-hybridized carbons (Fsp3) is 0.474. The van der Waals surface area contributed by atoms with Gasteiger partial charge in [-0.25, -0.2) is 4.98 Å². The number of amides is 1. The highest BCUT2D eigenvalue weighted by Crippen LogP contribution is 2.32. The maximum Gasteiger partial charge on any atom is 0.274 e. The Labute approximate surface area is 147 Å². The van der Waals surface area contributed by atoms with E-state index in [1.54, 1.807) is 18.6 Å². The number of hydrogen-bond donors (Lipinski definition) is 0. The molecule has 2 aliphatic heterocycles. The lowest BCUT2D eigenvalue weighted by molar-refractivity contribution is 0.0635. The zero-order chi connectivity index (χ0) is 17.2. The number of nitrogens with zero attached hydrogens (tertiary/aromatic N) is 5. The number of rotatable bonds is 3. The van der Waals surface area contributed by atoms with Crippen molar-refractivity contribution in [3.63, 3.8) is 0 Å². The van der Waals surface area contributed by atoms with Gasteiger partial charge in [-0.3, -0.25) is 19.7 Å². The summed E-state index contributed by atoms with van der Waals surface area (Å²) < 4.78 is 0. The Balaban J connectivity index is 1.38. The van der Waals surface area contributed by atoms with Crippen molar-refractivity contribution in [2.45, 2.75) is 19.9 Å². The van der Waals surface area contributed by atoms with Crippen LogP contribution in [-0.4, -0.2) is 56.8 Å². The molecule has 6 nitrogen and oxygen atoms in total. The molecule has 2 saturated heterocycles. The van der Waals surface area contributed by atoms with Crippen LogP contribution in [0.5, 0.6) is 0 Å². The molecular weight excluding hydrogens is 314 g/mol. The predicted molar refractivity (Wildman–Crippen MR) is 93.8 cm³/mol. The number of carbonyl (C=O) groups excluding carboxylic acids is 1. The van der Waals surface area contributed by atoms with Crippen LogP contribution in [0, 0.1) is 18.8 Å². The maximum absolute atomic E-state index is 12.6. The van der Waals surface area contributed by atoms with Crippen LogP contribution >= 0.6 is 0 Å². The zero-order valence-corrected chi connectivity index (χ0v) is 14.5. The van der Waals surface area contributed by atoms with E-state index in [9.17, 15) is 4.79 Å². The monoisotopic (exact) mass is 337 g/mol. The van der Waals surface area contributed by atoms with Gasteiger partial charge in [-0.2, -0.15) is 0 Å². The molecule has 6 heteroatoms. The van der Waals surface area contributed by atoms with Gasteiger partial charge in [-0.15, -0.1) is 0 Å². The number of aromatic nitrogens is 3. The summed E-state index contributed by atoms with van der Waals surface area (Å²) in [5.41, 5.74) is 2.64. The zero-order valence-electron chi connectivity index (χ0n) is 14.5. The first-order chi connectivity index (χ1) is 12.2. The van der Waals surface area contributed by atoms with E-state index < -0.39 is 0 Å². The second-order valence-corrected chi connectivity index (χ2v) is 7.12. The minimum atomic E-state index is 0.00495. The van der Waals surface area contributed by atoms with Crippen LogP contribution < -0.4 is 0 Å². The first-order valence-corrected chi connectivity index (χ1v) is 8.89. The highest BCUT2D eigenvalue weighted by atomic mass is 16.2. The lowest BCUT2D eigenvalue weighted by Gasteiger charge is -2.34. The Morgan fingerprint density at radius 2 is 2.08 bits per heavy atom. The van der Waals surface area contributed by atoms with Gasteiger partial charge in [0, 0.05) is 50.8 Å². The highest BCUT2D eigenvalue weighted by molar-refractivity contribution is 5.92. The molecule has 0 bridgehead atoms. The third-order valence-electron chi connectivity index (χ3n) is 5.28. The number of carbonyl (C=O) groups is 1. The molecule has 2 aromatic heterocycles. The average molecular weight is 337 g/mol. The Morgan fingerprint density at radius 1 is 1.20 bits per heavy atom. The minimum Gasteiger partial charge on any atom is -0.337 e. The number of fused-ring (bicyclic) bond motifs is 1. The number of likely N-dealkylation sites (tertiary alicyclic amines) is 2. The molecule has 130 valence electrons. The van der Waals surface area contributed by atoms with Gasteiger partial charge in [0.15, 0.2) is 0 Å². The van der Waals surface area contributed by atoms with E-state index in [0.29, 0.717) is 17.5 Å². The van der Waals surface area contributed by atoms with Gasteiger partial charge in [0.25, 0.3) is 5.91 Å². The number of hydrogen-bond acceptors (Lipinski definition) is 5. The number of pyridine rings is 1. The molecule has 0 aromatic carbocycles. The van der Waals surface area contributed by atoms with Crippen LogP contribution in [0.3, 0.4) is 0 Å². The van der Waals surface area contributed by atoms with Crippen LogP contribution in [0.2, 0.25) is 0 Å². The second-order valence-electron chi connectivity index (χ2n) is 7.12. The Hall–Kier alpha value is -2.34. The normalized spacial score (nSPS) is 23.5. The molecular formula is C19H23N5O. The molecule has 0 radical (unpaired) electrons. The van der Waals surface area contributed by atoms with Crippen molar-refractivity contribution >= 4 is 5.91 Å². The van der Waals surface area contributed by atoms with Crippen molar-refractivity contribution in [1.82, 2.24) is 24.8 Å². The number of piperidine rings is 1. The molecule has 0 saturated carbocycles. The van der Waals surface area contributed by atoms with Gasteiger partial charge in [0.2, 0.25) is 0 Å². The van der Waals surface area contributed by atoms with Gasteiger partial charge >= 0.3 is 0 Å². The Morgan fingerprint density at radius 3 is 2.88 bits per heavy atom. The fourth-order valence-electron chi connectivity index (χ4n) is 4.07. The van der Waals surface area contributed by atoms with E-state index in [2.05, 4.69) is 32.0 Å². The summed E-state index contributed by atoms with van der Waals surface area (Å²) in [6.07, 6.45) is 5.79. The van der Waals surface area contributed by atoms with Gasteiger partial charge in [0.05, 0.1) is 11.9 Å². The molecule has 4 rings (SSSR count). The molecule has 1 amide bonds. The summed E-state index contributed by atoms with van der Waals surface area (Å²) in [6, 6.07) is 6.20. The van der Waals surface area contributed by atoms with E-state index in [-0.39, 0.29) is 5.91 Å². The first-order valence-electron chi connectivity index (χ1n) is 8.89. The maximum atomic E-state index is 12.6. The summed E-state index contributed by atoms with van der Waals surface area (Å²) in [5.74, 6) is 1.22. The molecule has 2 aliphatic rings. The van der Waals surface area contributed by atoms with Crippen molar-refractivity contribution in [2.24, 2.45) is 11.8 Å². The standard InChI is InChI=1S/C19H23N5O/c1-14-3-2-4-17(22-14)13-23-10-15-5-8-24(12-16(15)11-23)19(25)18-9-20-6-7-21-18/h2-4,6-7,9,15-16H,5,8,10-13H2,1H3/t15-,16-/m0/s1. The lowest BCUT2D eigenvalue weighted by Crippen LogP contribution is -2.43. The predicted octanol–water partition coefficient (Wildman–Crippen LogP) is 1.77. The topological polar surface area (TPSA) is 62.2 Å². The van der Waals surface area contributed by atoms with Gasteiger partial charge in [-0.1, -0.05) is 6.07 Å². The molecule has 4 heterocycles. The van der Waals surface area contributed by atoms with Crippen molar-refractivity contribution < 1.29 is 4.79 Å². The second kappa shape index (κ2) is 6.88. The summed E-state index contributed by atoms with van der Waals surface area (Å²) >= 11 is 0. The van der Waals surface area contributed by atoms with Crippen molar-refractivity contribution in [2.75, 3.05) is 26.2 Å². The molecule has 2 aromatic rings.